The minimum atomic E-state index is -0.363. The number of nitrogens with zero attached hydrogens (tertiary/aromatic N) is 1. The van der Waals surface area contributed by atoms with E-state index in [2.05, 4.69) is 4.98 Å². The van der Waals surface area contributed by atoms with Crippen molar-refractivity contribution in [1.29, 1.82) is 0 Å². The molecule has 5 aromatic rings. The van der Waals surface area contributed by atoms with E-state index in [1.807, 2.05) is 12.1 Å². The third-order valence-corrected chi connectivity index (χ3v) is 4.97. The lowest BCUT2D eigenvalue weighted by Crippen LogP contribution is -2.15. The van der Waals surface area contributed by atoms with Gasteiger partial charge in [0.2, 0.25) is 5.43 Å². The van der Waals surface area contributed by atoms with Crippen molar-refractivity contribution in [3.8, 4) is 0 Å². The number of H-pyrrole nitrogens is 1. The van der Waals surface area contributed by atoms with Gasteiger partial charge in [-0.3, -0.25) is 19.0 Å². The molecule has 5 heteroatoms. The molecule has 0 aliphatic carbocycles. The zero-order valence-corrected chi connectivity index (χ0v) is 14.7. The van der Waals surface area contributed by atoms with Crippen molar-refractivity contribution in [3.63, 3.8) is 0 Å². The summed E-state index contributed by atoms with van der Waals surface area (Å²) < 4.78 is 1.41. The molecular weight excluding hydrogens is 352 g/mol. The highest BCUT2D eigenvalue weighted by Crippen LogP contribution is 2.26. The van der Waals surface area contributed by atoms with Gasteiger partial charge < -0.3 is 4.98 Å². The number of nitrogens with one attached hydrogen (secondary N) is 1. The highest BCUT2D eigenvalue weighted by Gasteiger charge is 2.20. The maximum Gasteiger partial charge on any atom is 0.263 e. The molecule has 5 rings (SSSR count). The van der Waals surface area contributed by atoms with Crippen LogP contribution in [0.15, 0.2) is 88.5 Å². The summed E-state index contributed by atoms with van der Waals surface area (Å²) in [6.07, 6.45) is 0. The second-order valence-corrected chi connectivity index (χ2v) is 6.58. The van der Waals surface area contributed by atoms with E-state index in [-0.39, 0.29) is 27.8 Å². The molecule has 2 aromatic heterocycles. The number of aromatic amines is 1. The predicted molar refractivity (Wildman–Crippen MR) is 110 cm³/mol. The molecule has 28 heavy (non-hydrogen) atoms. The van der Waals surface area contributed by atoms with Crippen LogP contribution >= 0.6 is 0 Å². The number of carbonyl (C=O) groups excluding carboxylic acids is 1. The van der Waals surface area contributed by atoms with Gasteiger partial charge in [0.25, 0.3) is 11.5 Å². The third-order valence-electron chi connectivity index (χ3n) is 4.97. The molecule has 0 aliphatic heterocycles. The second kappa shape index (κ2) is 6.03. The van der Waals surface area contributed by atoms with Crippen LogP contribution in [0.5, 0.6) is 0 Å². The van der Waals surface area contributed by atoms with Crippen molar-refractivity contribution < 1.29 is 4.79 Å². The Labute approximate surface area is 158 Å². The van der Waals surface area contributed by atoms with E-state index in [4.69, 9.17) is 0 Å². The lowest BCUT2D eigenvalue weighted by Gasteiger charge is -2.05. The number of fused-ring (bicyclic) bond motifs is 4. The fraction of sp³-hybridized carbons (Fsp3) is 0. The average Bonchev–Trinajstić information content (AvgIpc) is 3.02. The van der Waals surface area contributed by atoms with Gasteiger partial charge in [-0.1, -0.05) is 54.6 Å². The fourth-order valence-corrected chi connectivity index (χ4v) is 3.69. The summed E-state index contributed by atoms with van der Waals surface area (Å²) in [6.45, 7) is 0. The van der Waals surface area contributed by atoms with Gasteiger partial charge in [0, 0.05) is 16.3 Å². The Morgan fingerprint density at radius 2 is 1.32 bits per heavy atom. The van der Waals surface area contributed by atoms with Crippen molar-refractivity contribution in [2.24, 2.45) is 0 Å². The average molecular weight is 366 g/mol. The number of hydrogen-bond acceptors (Lipinski definition) is 3. The molecule has 0 unspecified atom stereocenters. The topological polar surface area (TPSA) is 71.9 Å². The molecule has 0 amide bonds. The molecule has 0 aliphatic rings. The van der Waals surface area contributed by atoms with Gasteiger partial charge in [-0.05, 0) is 24.3 Å². The van der Waals surface area contributed by atoms with Gasteiger partial charge >= 0.3 is 0 Å². The number of para-hydroxylation sites is 1. The monoisotopic (exact) mass is 366 g/mol. The van der Waals surface area contributed by atoms with Crippen molar-refractivity contribution in [2.45, 2.75) is 0 Å². The maximum atomic E-state index is 13.4. The highest BCUT2D eigenvalue weighted by atomic mass is 16.2. The van der Waals surface area contributed by atoms with E-state index in [0.717, 1.165) is 0 Å². The van der Waals surface area contributed by atoms with Crippen LogP contribution in [0.3, 0.4) is 0 Å². The summed E-state index contributed by atoms with van der Waals surface area (Å²) in [7, 11) is 0. The molecule has 3 aromatic carbocycles. The second-order valence-electron chi connectivity index (χ2n) is 6.58. The summed E-state index contributed by atoms with van der Waals surface area (Å²) in [5, 5.41) is 1.23. The molecule has 134 valence electrons. The molecule has 0 spiro atoms. The molecule has 0 saturated heterocycles. The minimum Gasteiger partial charge on any atom is -0.319 e. The van der Waals surface area contributed by atoms with Crippen molar-refractivity contribution in [2.75, 3.05) is 0 Å². The summed E-state index contributed by atoms with van der Waals surface area (Å²) >= 11 is 0. The molecule has 0 saturated carbocycles. The minimum absolute atomic E-state index is 0.174. The number of carbonyl (C=O) groups is 1. The van der Waals surface area contributed by atoms with Gasteiger partial charge in [-0.2, -0.15) is 0 Å². The molecule has 5 nitrogen and oxygen atoms in total. The smallest absolute Gasteiger partial charge is 0.263 e. The first kappa shape index (κ1) is 16.2. The molecule has 1 N–H and O–H groups in total. The van der Waals surface area contributed by atoms with Crippen LogP contribution in [-0.4, -0.2) is 15.5 Å². The van der Waals surface area contributed by atoms with Gasteiger partial charge in [0.05, 0.1) is 16.4 Å². The largest absolute Gasteiger partial charge is 0.319 e. The summed E-state index contributed by atoms with van der Waals surface area (Å²) in [5.41, 5.74) is 0.860. The van der Waals surface area contributed by atoms with E-state index >= 15 is 0 Å². The number of hydrogen-bond donors (Lipinski definition) is 1. The summed E-state index contributed by atoms with van der Waals surface area (Å²) in [5.74, 6) is -0.319. The van der Waals surface area contributed by atoms with E-state index in [1.54, 1.807) is 66.7 Å². The molecule has 0 bridgehead atoms. The van der Waals surface area contributed by atoms with Crippen LogP contribution in [0.2, 0.25) is 0 Å². The summed E-state index contributed by atoms with van der Waals surface area (Å²) in [6, 6.07) is 22.6. The van der Waals surface area contributed by atoms with Gasteiger partial charge in [0.1, 0.15) is 5.52 Å². The van der Waals surface area contributed by atoms with Crippen LogP contribution in [0, 0.1) is 0 Å². The van der Waals surface area contributed by atoms with Crippen LogP contribution in [-0.2, 0) is 0 Å². The SMILES string of the molecule is O=C(c1ccccc1)n1c2ccccc2c2[nH]c(=O)c3ccccc3c(=O)c21. The van der Waals surface area contributed by atoms with Crippen LogP contribution in [0.25, 0.3) is 32.7 Å². The van der Waals surface area contributed by atoms with Crippen molar-refractivity contribution >= 4 is 38.6 Å². The lowest BCUT2D eigenvalue weighted by molar-refractivity contribution is 0.0969. The lowest BCUT2D eigenvalue weighted by atomic mass is 10.2. The number of aromatic nitrogens is 2. The van der Waals surface area contributed by atoms with Gasteiger partial charge in [-0.25, -0.2) is 0 Å². The maximum absolute atomic E-state index is 13.4. The molecule has 0 radical (unpaired) electrons. The highest BCUT2D eigenvalue weighted by molar-refractivity contribution is 6.15. The van der Waals surface area contributed by atoms with E-state index in [0.29, 0.717) is 27.4 Å². The Bertz CT molecular complexity index is 1510. The van der Waals surface area contributed by atoms with Crippen LogP contribution in [0.4, 0.5) is 0 Å². The zero-order valence-electron chi connectivity index (χ0n) is 14.7. The Kier molecular flexibility index (Phi) is 3.49. The van der Waals surface area contributed by atoms with E-state index in [1.165, 1.54) is 4.57 Å². The predicted octanol–water partition coefficient (Wildman–Crippen LogP) is 3.68. The first-order chi connectivity index (χ1) is 13.7. The first-order valence-electron chi connectivity index (χ1n) is 8.85. The number of rotatable bonds is 1. The quantitative estimate of drug-likeness (QED) is 0.492. The van der Waals surface area contributed by atoms with Crippen LogP contribution in [0.1, 0.15) is 10.4 Å². The Morgan fingerprint density at radius 1 is 0.714 bits per heavy atom. The normalized spacial score (nSPS) is 11.3. The van der Waals surface area contributed by atoms with Gasteiger partial charge in [-0.15, -0.1) is 0 Å². The standard InChI is InChI=1S/C23H14N2O3/c26-21-15-10-4-5-11-16(15)22(27)24-19-17-12-6-7-13-18(17)25(20(19)21)23(28)14-8-2-1-3-9-14/h1-13H,(H,24,27). The van der Waals surface area contributed by atoms with Crippen molar-refractivity contribution in [1.82, 2.24) is 9.55 Å². The molecule has 0 fully saturated rings. The van der Waals surface area contributed by atoms with E-state index < -0.39 is 0 Å². The van der Waals surface area contributed by atoms with E-state index in [9.17, 15) is 14.4 Å². The Morgan fingerprint density at radius 3 is 2.07 bits per heavy atom. The first-order valence-corrected chi connectivity index (χ1v) is 8.85. The number of benzene rings is 3. The van der Waals surface area contributed by atoms with Gasteiger partial charge in [0.15, 0.2) is 0 Å². The van der Waals surface area contributed by atoms with Crippen LogP contribution < -0.4 is 11.0 Å². The molecule has 0 atom stereocenters. The molecular formula is C23H14N2O3. The fourth-order valence-electron chi connectivity index (χ4n) is 3.69. The summed E-state index contributed by atoms with van der Waals surface area (Å²) in [4.78, 5) is 42.4. The molecule has 2 heterocycles. The van der Waals surface area contributed by atoms with Crippen molar-refractivity contribution in [3.05, 3.63) is 105 Å². The Balaban J connectivity index is 2.07. The zero-order chi connectivity index (χ0) is 19.3. The Hall–Kier alpha value is -3.99. The third kappa shape index (κ3) is 2.23.